The highest BCUT2D eigenvalue weighted by Crippen LogP contribution is 2.46. The molecular formula is C29H26ClF3N6O2S2. The first-order chi connectivity index (χ1) is 20.7. The van der Waals surface area contributed by atoms with Gasteiger partial charge in [0.05, 0.1) is 10.6 Å². The van der Waals surface area contributed by atoms with Crippen molar-refractivity contribution in [3.63, 3.8) is 0 Å². The van der Waals surface area contributed by atoms with Gasteiger partial charge in [0.15, 0.2) is 10.8 Å². The molecule has 1 saturated heterocycles. The highest BCUT2D eigenvalue weighted by molar-refractivity contribution is 7.89. The normalized spacial score (nSPS) is 18.8. The third-order valence-corrected chi connectivity index (χ3v) is 10.0. The lowest BCUT2D eigenvalue weighted by Gasteiger charge is -2.32. The summed E-state index contributed by atoms with van der Waals surface area (Å²) in [4.78, 5) is 11.5. The minimum Gasteiger partial charge on any atom is -0.326 e. The highest BCUT2D eigenvalue weighted by atomic mass is 35.5. The summed E-state index contributed by atoms with van der Waals surface area (Å²) in [5.74, 6) is -0.0642. The first kappa shape index (κ1) is 29.5. The monoisotopic (exact) mass is 646 g/mol. The van der Waals surface area contributed by atoms with Crippen LogP contribution in [-0.4, -0.2) is 46.5 Å². The molecule has 0 unspecified atom stereocenters. The number of nitrogens with zero attached hydrogens (tertiary/aromatic N) is 5. The van der Waals surface area contributed by atoms with Crippen molar-refractivity contribution in [2.45, 2.75) is 49.7 Å². The maximum Gasteiger partial charge on any atom is 0.333 e. The Morgan fingerprint density at radius 2 is 2.00 bits per heavy atom. The average Bonchev–Trinajstić information content (AvgIpc) is 3.74. The molecule has 2 aromatic carbocycles. The number of aromatic nitrogens is 3. The van der Waals surface area contributed by atoms with Crippen LogP contribution in [0.15, 0.2) is 81.9 Å². The van der Waals surface area contributed by atoms with Gasteiger partial charge in [-0.15, -0.1) is 11.3 Å². The quantitative estimate of drug-likeness (QED) is 0.226. The van der Waals surface area contributed by atoms with Gasteiger partial charge in [0.2, 0.25) is 10.0 Å². The molecule has 8 nitrogen and oxygen atoms in total. The van der Waals surface area contributed by atoms with E-state index < -0.39 is 34.5 Å². The molecule has 1 fully saturated rings. The molecule has 4 aromatic rings. The molecule has 0 saturated carbocycles. The van der Waals surface area contributed by atoms with Crippen molar-refractivity contribution in [3.8, 4) is 0 Å². The van der Waals surface area contributed by atoms with E-state index in [-0.39, 0.29) is 28.6 Å². The number of aliphatic imine (C=N–C) groups is 1. The number of benzene rings is 2. The minimum atomic E-state index is -3.91. The molecular weight excluding hydrogens is 621 g/mol. The second-order valence-electron chi connectivity index (χ2n) is 10.2. The number of rotatable bonds is 9. The number of nitrogens with one attached hydrogen (secondary N) is 1. The Morgan fingerprint density at radius 3 is 2.70 bits per heavy atom. The molecule has 2 aliphatic heterocycles. The first-order valence-corrected chi connectivity index (χ1v) is 16.3. The van der Waals surface area contributed by atoms with Crippen LogP contribution in [0.25, 0.3) is 5.57 Å². The summed E-state index contributed by atoms with van der Waals surface area (Å²) in [5, 5.41) is 6.61. The van der Waals surface area contributed by atoms with Gasteiger partial charge in [-0.3, -0.25) is 4.99 Å². The zero-order valence-electron chi connectivity index (χ0n) is 22.8. The molecule has 6 rings (SSSR count). The lowest BCUT2D eigenvalue weighted by molar-refractivity contribution is 0.0564. The van der Waals surface area contributed by atoms with E-state index in [1.54, 1.807) is 29.8 Å². The van der Waals surface area contributed by atoms with Gasteiger partial charge in [-0.2, -0.15) is 13.9 Å². The van der Waals surface area contributed by atoms with Crippen molar-refractivity contribution in [1.82, 2.24) is 24.4 Å². The summed E-state index contributed by atoms with van der Waals surface area (Å²) in [6.45, 7) is -0.669. The zero-order valence-corrected chi connectivity index (χ0v) is 25.2. The fraction of sp³-hybridized carbons (Fsp3) is 0.276. The summed E-state index contributed by atoms with van der Waals surface area (Å²) in [6, 6.07) is 10.8. The van der Waals surface area contributed by atoms with Crippen LogP contribution in [-0.2, 0) is 16.4 Å². The average molecular weight is 647 g/mol. The Morgan fingerprint density at radius 1 is 1.19 bits per heavy atom. The van der Waals surface area contributed by atoms with E-state index in [0.717, 1.165) is 12.0 Å². The Hall–Kier alpha value is -3.52. The number of hydrogen-bond acceptors (Lipinski definition) is 7. The van der Waals surface area contributed by atoms with Gasteiger partial charge in [-0.25, -0.2) is 27.2 Å². The fourth-order valence-electron chi connectivity index (χ4n) is 5.56. The molecule has 0 amide bonds. The minimum absolute atomic E-state index is 0.106. The number of thiazole rings is 1. The van der Waals surface area contributed by atoms with Crippen molar-refractivity contribution >= 4 is 44.4 Å². The molecule has 0 aliphatic carbocycles. The smallest absolute Gasteiger partial charge is 0.326 e. The summed E-state index contributed by atoms with van der Waals surface area (Å²) < 4.78 is 71.9. The van der Waals surface area contributed by atoms with E-state index in [1.165, 1.54) is 41.8 Å². The SMILES string of the molecule is CCCc1ccccc1S(=O)(=O)N[C@H]1CC2=C(c3ccn(C(F)F)n3)[C@H](c3ccc(F)cc3Cl)N=C(c3nccs3)N2C1. The van der Waals surface area contributed by atoms with E-state index in [9.17, 15) is 21.6 Å². The van der Waals surface area contributed by atoms with Gasteiger partial charge in [-0.1, -0.05) is 49.2 Å². The van der Waals surface area contributed by atoms with Gasteiger partial charge < -0.3 is 4.90 Å². The van der Waals surface area contributed by atoms with Crippen molar-refractivity contribution in [2.24, 2.45) is 4.99 Å². The van der Waals surface area contributed by atoms with Gasteiger partial charge in [-0.05, 0) is 36.2 Å². The number of halogens is 4. The van der Waals surface area contributed by atoms with Crippen LogP contribution in [0.2, 0.25) is 5.02 Å². The number of sulfonamides is 1. The van der Waals surface area contributed by atoms with Crippen LogP contribution in [0, 0.1) is 5.82 Å². The van der Waals surface area contributed by atoms with Crippen LogP contribution < -0.4 is 4.72 Å². The number of amidine groups is 1. The van der Waals surface area contributed by atoms with Crippen LogP contribution in [0.3, 0.4) is 0 Å². The lowest BCUT2D eigenvalue weighted by Crippen LogP contribution is -2.39. The molecule has 0 bridgehead atoms. The van der Waals surface area contributed by atoms with Gasteiger partial charge in [0, 0.05) is 58.6 Å². The molecule has 14 heteroatoms. The van der Waals surface area contributed by atoms with Crippen LogP contribution in [0.5, 0.6) is 0 Å². The molecule has 0 radical (unpaired) electrons. The third kappa shape index (κ3) is 5.74. The van der Waals surface area contributed by atoms with Crippen molar-refractivity contribution in [3.05, 3.63) is 105 Å². The molecule has 2 atom stereocenters. The number of aryl methyl sites for hydroxylation is 1. The number of alkyl halides is 2. The fourth-order valence-corrected chi connectivity index (χ4v) is 7.97. The Kier molecular flexibility index (Phi) is 8.16. The summed E-state index contributed by atoms with van der Waals surface area (Å²) in [6.07, 6.45) is 4.41. The van der Waals surface area contributed by atoms with Gasteiger partial charge >= 0.3 is 6.55 Å². The van der Waals surface area contributed by atoms with Crippen LogP contribution in [0.4, 0.5) is 13.2 Å². The molecule has 1 N–H and O–H groups in total. The summed E-state index contributed by atoms with van der Waals surface area (Å²) >= 11 is 7.86. The number of fused-ring (bicyclic) bond motifs is 1. The predicted octanol–water partition coefficient (Wildman–Crippen LogP) is 6.45. The topological polar surface area (TPSA) is 92.5 Å². The van der Waals surface area contributed by atoms with Crippen molar-refractivity contribution in [2.75, 3.05) is 6.54 Å². The third-order valence-electron chi connectivity index (χ3n) is 7.33. The van der Waals surface area contributed by atoms with E-state index in [2.05, 4.69) is 14.8 Å². The molecule has 2 aliphatic rings. The predicted molar refractivity (Wildman–Crippen MR) is 159 cm³/mol. The molecule has 0 spiro atoms. The van der Waals surface area contributed by atoms with Gasteiger partial charge in [0.25, 0.3) is 0 Å². The molecule has 224 valence electrons. The highest BCUT2D eigenvalue weighted by Gasteiger charge is 2.42. The van der Waals surface area contributed by atoms with Crippen molar-refractivity contribution < 1.29 is 21.6 Å². The maximum atomic E-state index is 14.1. The standard InChI is InChI=1S/C29H26ClF3N6O2S2/c1-2-5-17-6-3-4-7-24(17)43(40,41)37-19-15-23-25(22-10-12-39(36-22)29(32)33)26(20-9-8-18(31)14-21(20)30)35-27(38(23)16-19)28-34-11-13-42-28/h3-4,6-14,19,26,29,37H,2,5,15-16H2,1H3/t19-,26-/m0/s1. The molecule has 43 heavy (non-hydrogen) atoms. The van der Waals surface area contributed by atoms with Gasteiger partial charge in [0.1, 0.15) is 11.9 Å². The second-order valence-corrected chi connectivity index (χ2v) is 13.2. The maximum absolute atomic E-state index is 14.1. The van der Waals surface area contributed by atoms with Crippen LogP contribution >= 0.6 is 22.9 Å². The Bertz CT molecular complexity index is 1820. The van der Waals surface area contributed by atoms with Crippen molar-refractivity contribution in [1.29, 1.82) is 0 Å². The lowest BCUT2D eigenvalue weighted by atomic mass is 9.92. The second kappa shape index (κ2) is 11.9. The Labute approximate surface area is 255 Å². The van der Waals surface area contributed by atoms with E-state index in [0.29, 0.717) is 38.8 Å². The van der Waals surface area contributed by atoms with E-state index in [1.807, 2.05) is 17.9 Å². The first-order valence-electron chi connectivity index (χ1n) is 13.5. The van der Waals surface area contributed by atoms with E-state index in [4.69, 9.17) is 16.6 Å². The molecule has 2 aromatic heterocycles. The zero-order chi connectivity index (χ0) is 30.3. The Balaban J connectivity index is 1.48. The summed E-state index contributed by atoms with van der Waals surface area (Å²) in [5.41, 5.74) is 2.51. The van der Waals surface area contributed by atoms with Crippen LogP contribution in [0.1, 0.15) is 54.2 Å². The largest absolute Gasteiger partial charge is 0.333 e. The number of hydrogen-bond donors (Lipinski definition) is 1. The molecule has 4 heterocycles. The summed E-state index contributed by atoms with van der Waals surface area (Å²) in [7, 11) is -3.91. The van der Waals surface area contributed by atoms with E-state index >= 15 is 0 Å².